The van der Waals surface area contributed by atoms with Gasteiger partial charge in [-0.1, -0.05) is 11.6 Å². The van der Waals surface area contributed by atoms with Crippen LogP contribution < -0.4 is 4.74 Å². The second-order valence-corrected chi connectivity index (χ2v) is 4.26. The number of carbonyl (C=O) groups is 1. The molecule has 0 spiro atoms. The van der Waals surface area contributed by atoms with Crippen molar-refractivity contribution in [1.82, 2.24) is 0 Å². The highest BCUT2D eigenvalue weighted by Crippen LogP contribution is 2.22. The Hall–Kier alpha value is -2.01. The molecule has 0 saturated carbocycles. The van der Waals surface area contributed by atoms with Gasteiger partial charge in [0.2, 0.25) is 0 Å². The van der Waals surface area contributed by atoms with Crippen molar-refractivity contribution in [2.24, 2.45) is 0 Å². The molecule has 1 aromatic heterocycles. The minimum absolute atomic E-state index is 0.0378. The first-order valence-electron chi connectivity index (χ1n) is 5.38. The first kappa shape index (κ1) is 13.4. The second kappa shape index (κ2) is 5.32. The van der Waals surface area contributed by atoms with Crippen LogP contribution in [0.25, 0.3) is 0 Å². The van der Waals surface area contributed by atoms with Gasteiger partial charge in [-0.05, 0) is 25.1 Å². The maximum Gasteiger partial charge on any atom is 0.339 e. The number of carboxylic acid groups (broad SMARTS) is 1. The number of benzene rings is 1. The number of aryl methyl sites for hydroxylation is 1. The molecule has 1 heterocycles. The van der Waals surface area contributed by atoms with Crippen LogP contribution in [0.2, 0.25) is 5.02 Å². The van der Waals surface area contributed by atoms with Gasteiger partial charge in [0.05, 0.1) is 5.02 Å². The van der Waals surface area contributed by atoms with E-state index in [9.17, 15) is 9.18 Å². The van der Waals surface area contributed by atoms with E-state index in [1.165, 1.54) is 24.3 Å². The van der Waals surface area contributed by atoms with Crippen LogP contribution in [0, 0.1) is 12.7 Å². The van der Waals surface area contributed by atoms with E-state index in [2.05, 4.69) is 0 Å². The van der Waals surface area contributed by atoms with Gasteiger partial charge < -0.3 is 14.3 Å². The van der Waals surface area contributed by atoms with Crippen molar-refractivity contribution in [2.45, 2.75) is 13.5 Å². The van der Waals surface area contributed by atoms with E-state index >= 15 is 0 Å². The molecule has 2 rings (SSSR count). The van der Waals surface area contributed by atoms with Gasteiger partial charge in [0, 0.05) is 6.07 Å². The van der Waals surface area contributed by atoms with Crippen molar-refractivity contribution in [3.05, 3.63) is 52.2 Å². The minimum atomic E-state index is -1.06. The molecule has 1 aromatic carbocycles. The normalized spacial score (nSPS) is 10.5. The first-order valence-corrected chi connectivity index (χ1v) is 5.75. The summed E-state index contributed by atoms with van der Waals surface area (Å²) in [6.45, 7) is 1.60. The van der Waals surface area contributed by atoms with Gasteiger partial charge in [0.15, 0.2) is 0 Å². The third-order valence-electron chi connectivity index (χ3n) is 2.47. The maximum atomic E-state index is 12.9. The molecule has 0 saturated heterocycles. The van der Waals surface area contributed by atoms with Crippen LogP contribution >= 0.6 is 11.6 Å². The minimum Gasteiger partial charge on any atom is -0.486 e. The predicted molar refractivity (Wildman–Crippen MR) is 66.1 cm³/mol. The van der Waals surface area contributed by atoms with E-state index in [0.29, 0.717) is 17.3 Å². The fourth-order valence-electron chi connectivity index (χ4n) is 1.55. The number of furan rings is 1. The summed E-state index contributed by atoms with van der Waals surface area (Å²) in [5.41, 5.74) is 0.0933. The summed E-state index contributed by atoms with van der Waals surface area (Å²) in [5, 5.41) is 8.83. The molecular weight excluding hydrogens is 275 g/mol. The van der Waals surface area contributed by atoms with Gasteiger partial charge in [-0.15, -0.1) is 0 Å². The van der Waals surface area contributed by atoms with Crippen LogP contribution in [0.15, 0.2) is 28.7 Å². The molecule has 0 aliphatic carbocycles. The molecule has 6 heteroatoms. The van der Waals surface area contributed by atoms with Crippen molar-refractivity contribution >= 4 is 17.6 Å². The van der Waals surface area contributed by atoms with E-state index in [-0.39, 0.29) is 17.2 Å². The molecule has 0 bridgehead atoms. The molecule has 19 heavy (non-hydrogen) atoms. The molecule has 2 aromatic rings. The average Bonchev–Trinajstić information content (AvgIpc) is 2.72. The quantitative estimate of drug-likeness (QED) is 0.931. The van der Waals surface area contributed by atoms with Crippen LogP contribution in [-0.4, -0.2) is 11.1 Å². The largest absolute Gasteiger partial charge is 0.486 e. The van der Waals surface area contributed by atoms with Crippen LogP contribution in [0.5, 0.6) is 5.75 Å². The summed E-state index contributed by atoms with van der Waals surface area (Å²) in [6, 6.07) is 5.34. The highest BCUT2D eigenvalue weighted by Gasteiger charge is 2.14. The number of aromatic carboxylic acids is 1. The lowest BCUT2D eigenvalue weighted by atomic mass is 10.2. The van der Waals surface area contributed by atoms with Crippen LogP contribution in [0.1, 0.15) is 21.9 Å². The molecule has 0 amide bonds. The number of halogens is 2. The molecule has 0 unspecified atom stereocenters. The summed E-state index contributed by atoms with van der Waals surface area (Å²) in [7, 11) is 0. The highest BCUT2D eigenvalue weighted by atomic mass is 35.5. The second-order valence-electron chi connectivity index (χ2n) is 3.85. The summed E-state index contributed by atoms with van der Waals surface area (Å²) in [5.74, 6) is -0.538. The number of hydrogen-bond acceptors (Lipinski definition) is 3. The summed E-state index contributed by atoms with van der Waals surface area (Å²) < 4.78 is 23.5. The summed E-state index contributed by atoms with van der Waals surface area (Å²) in [6.07, 6.45) is 0. The van der Waals surface area contributed by atoms with E-state index in [4.69, 9.17) is 25.9 Å². The number of carboxylic acids is 1. The van der Waals surface area contributed by atoms with E-state index < -0.39 is 11.8 Å². The maximum absolute atomic E-state index is 12.9. The Morgan fingerprint density at radius 2 is 2.21 bits per heavy atom. The average molecular weight is 285 g/mol. The number of rotatable bonds is 4. The zero-order valence-corrected chi connectivity index (χ0v) is 10.7. The lowest BCUT2D eigenvalue weighted by Crippen LogP contribution is -1.96. The van der Waals surface area contributed by atoms with Gasteiger partial charge in [0.25, 0.3) is 0 Å². The first-order chi connectivity index (χ1) is 8.97. The van der Waals surface area contributed by atoms with Crippen molar-refractivity contribution in [3.8, 4) is 5.75 Å². The molecule has 0 aliphatic rings. The molecule has 0 radical (unpaired) electrons. The highest BCUT2D eigenvalue weighted by molar-refractivity contribution is 6.30. The predicted octanol–water partition coefficient (Wildman–Crippen LogP) is 3.66. The van der Waals surface area contributed by atoms with Crippen LogP contribution in [-0.2, 0) is 6.61 Å². The lowest BCUT2D eigenvalue weighted by molar-refractivity contribution is 0.0695. The monoisotopic (exact) mass is 284 g/mol. The van der Waals surface area contributed by atoms with Crippen molar-refractivity contribution in [3.63, 3.8) is 0 Å². The Kier molecular flexibility index (Phi) is 3.76. The Morgan fingerprint density at radius 3 is 2.79 bits per heavy atom. The zero-order chi connectivity index (χ0) is 14.0. The third kappa shape index (κ3) is 3.06. The molecular formula is C13H10ClFO4. The smallest absolute Gasteiger partial charge is 0.339 e. The topological polar surface area (TPSA) is 59.7 Å². The van der Waals surface area contributed by atoms with Gasteiger partial charge >= 0.3 is 5.97 Å². The fourth-order valence-corrected chi connectivity index (χ4v) is 1.72. The van der Waals surface area contributed by atoms with Crippen molar-refractivity contribution in [1.29, 1.82) is 0 Å². The van der Waals surface area contributed by atoms with E-state index in [1.54, 1.807) is 6.92 Å². The molecule has 100 valence electrons. The summed E-state index contributed by atoms with van der Waals surface area (Å²) >= 11 is 5.61. The number of hydrogen-bond donors (Lipinski definition) is 1. The lowest BCUT2D eigenvalue weighted by Gasteiger charge is -2.04. The Labute approximate surface area is 113 Å². The Bertz CT molecular complexity index is 621. The molecule has 0 atom stereocenters. The molecule has 0 fully saturated rings. The van der Waals surface area contributed by atoms with Gasteiger partial charge in [-0.25, -0.2) is 9.18 Å². The van der Waals surface area contributed by atoms with Crippen LogP contribution in [0.4, 0.5) is 4.39 Å². The van der Waals surface area contributed by atoms with Crippen LogP contribution in [0.3, 0.4) is 0 Å². The molecule has 0 aliphatic heterocycles. The third-order valence-corrected chi connectivity index (χ3v) is 2.76. The Morgan fingerprint density at radius 1 is 1.47 bits per heavy atom. The number of ether oxygens (including phenoxy) is 1. The van der Waals surface area contributed by atoms with Gasteiger partial charge in [0.1, 0.15) is 35.3 Å². The molecule has 1 N–H and O–H groups in total. The SMILES string of the molecule is Cc1oc(COc2ccc(F)c(Cl)c2)cc1C(=O)O. The van der Waals surface area contributed by atoms with Crippen molar-refractivity contribution < 1.29 is 23.4 Å². The summed E-state index contributed by atoms with van der Waals surface area (Å²) in [4.78, 5) is 10.8. The molecule has 4 nitrogen and oxygen atoms in total. The van der Waals surface area contributed by atoms with Crippen molar-refractivity contribution in [2.75, 3.05) is 0 Å². The standard InChI is InChI=1S/C13H10ClFO4/c1-7-10(13(16)17)4-9(19-7)6-18-8-2-3-12(15)11(14)5-8/h2-5H,6H2,1H3,(H,16,17). The van der Waals surface area contributed by atoms with E-state index in [0.717, 1.165) is 0 Å². The van der Waals surface area contributed by atoms with E-state index in [1.807, 2.05) is 0 Å². The van der Waals surface area contributed by atoms with Gasteiger partial charge in [-0.3, -0.25) is 0 Å². The Balaban J connectivity index is 2.08. The zero-order valence-electron chi connectivity index (χ0n) is 9.94. The van der Waals surface area contributed by atoms with Gasteiger partial charge in [-0.2, -0.15) is 0 Å². The fraction of sp³-hybridized carbons (Fsp3) is 0.154.